The zero-order valence-electron chi connectivity index (χ0n) is 22.2. The van der Waals surface area contributed by atoms with E-state index in [0.717, 1.165) is 50.5 Å². The SMILES string of the molecule is CC[C@H](C(=O)NC1CCCCC1)N(Cc1c(Cl)cccc1Cl)C(=O)CN(c1cccc(C(F)(F)F)c1)S(C)(=O)=O. The summed E-state index contributed by atoms with van der Waals surface area (Å²) in [6.45, 7) is 0.657. The number of nitrogens with one attached hydrogen (secondary N) is 1. The molecule has 0 spiro atoms. The summed E-state index contributed by atoms with van der Waals surface area (Å²) in [5.74, 6) is -1.21. The second-order valence-electron chi connectivity index (χ2n) is 9.81. The van der Waals surface area contributed by atoms with Crippen molar-refractivity contribution in [3.8, 4) is 0 Å². The summed E-state index contributed by atoms with van der Waals surface area (Å²) < 4.78 is 66.1. The molecule has 0 aromatic heterocycles. The lowest BCUT2D eigenvalue weighted by molar-refractivity contribution is -0.140. The van der Waals surface area contributed by atoms with Gasteiger partial charge < -0.3 is 10.2 Å². The van der Waals surface area contributed by atoms with E-state index >= 15 is 0 Å². The normalized spacial score (nSPS) is 15.4. The van der Waals surface area contributed by atoms with E-state index in [0.29, 0.717) is 15.9 Å². The molecule has 2 aromatic carbocycles. The van der Waals surface area contributed by atoms with Crippen LogP contribution < -0.4 is 9.62 Å². The number of alkyl halides is 3. The molecule has 1 aliphatic carbocycles. The number of amides is 2. The van der Waals surface area contributed by atoms with Crippen LogP contribution in [0.1, 0.15) is 56.6 Å². The molecular formula is C27H32Cl2F3N3O4S. The third-order valence-electron chi connectivity index (χ3n) is 6.87. The predicted octanol–water partition coefficient (Wildman–Crippen LogP) is 6.03. The highest BCUT2D eigenvalue weighted by Crippen LogP contribution is 2.33. The highest BCUT2D eigenvalue weighted by molar-refractivity contribution is 7.92. The fourth-order valence-corrected chi connectivity index (χ4v) is 6.13. The van der Waals surface area contributed by atoms with Gasteiger partial charge >= 0.3 is 6.18 Å². The fourth-order valence-electron chi connectivity index (χ4n) is 4.77. The first-order valence-electron chi connectivity index (χ1n) is 12.9. The summed E-state index contributed by atoms with van der Waals surface area (Å²) in [6, 6.07) is 7.40. The lowest BCUT2D eigenvalue weighted by atomic mass is 9.95. The molecule has 7 nitrogen and oxygen atoms in total. The van der Waals surface area contributed by atoms with Gasteiger partial charge in [-0.05, 0) is 49.6 Å². The summed E-state index contributed by atoms with van der Waals surface area (Å²) in [4.78, 5) is 28.4. The quantitative estimate of drug-likeness (QED) is 0.351. The van der Waals surface area contributed by atoms with Crippen molar-refractivity contribution in [1.82, 2.24) is 10.2 Å². The van der Waals surface area contributed by atoms with Crippen LogP contribution in [0.5, 0.6) is 0 Å². The van der Waals surface area contributed by atoms with E-state index in [1.807, 2.05) is 0 Å². The molecule has 0 bridgehead atoms. The third kappa shape index (κ3) is 8.27. The number of benzene rings is 2. The lowest BCUT2D eigenvalue weighted by Crippen LogP contribution is -2.54. The zero-order valence-corrected chi connectivity index (χ0v) is 24.5. The van der Waals surface area contributed by atoms with Gasteiger partial charge in [0, 0.05) is 28.2 Å². The van der Waals surface area contributed by atoms with Gasteiger partial charge in [-0.3, -0.25) is 13.9 Å². The van der Waals surface area contributed by atoms with Gasteiger partial charge in [0.1, 0.15) is 12.6 Å². The van der Waals surface area contributed by atoms with Gasteiger partial charge in [-0.2, -0.15) is 13.2 Å². The van der Waals surface area contributed by atoms with E-state index in [-0.39, 0.29) is 34.7 Å². The molecule has 2 aromatic rings. The maximum atomic E-state index is 13.8. The first-order chi connectivity index (χ1) is 18.7. The van der Waals surface area contributed by atoms with Crippen LogP contribution in [0.3, 0.4) is 0 Å². The highest BCUT2D eigenvalue weighted by Gasteiger charge is 2.35. The minimum absolute atomic E-state index is 0.0474. The van der Waals surface area contributed by atoms with Gasteiger partial charge in [-0.25, -0.2) is 8.42 Å². The Balaban J connectivity index is 1.99. The maximum absolute atomic E-state index is 13.8. The van der Waals surface area contributed by atoms with Crippen molar-refractivity contribution in [3.05, 3.63) is 63.6 Å². The molecule has 220 valence electrons. The van der Waals surface area contributed by atoms with Crippen LogP contribution in [0.2, 0.25) is 10.0 Å². The Labute approximate surface area is 242 Å². The summed E-state index contributed by atoms with van der Waals surface area (Å²) in [7, 11) is -4.21. The van der Waals surface area contributed by atoms with Crippen molar-refractivity contribution in [1.29, 1.82) is 0 Å². The van der Waals surface area contributed by atoms with Crippen LogP contribution in [0.25, 0.3) is 0 Å². The van der Waals surface area contributed by atoms with E-state index in [1.54, 1.807) is 25.1 Å². The predicted molar refractivity (Wildman–Crippen MR) is 150 cm³/mol. The number of hydrogen-bond acceptors (Lipinski definition) is 4. The number of nitrogens with zero attached hydrogens (tertiary/aromatic N) is 2. The Morgan fingerprint density at radius 3 is 2.20 bits per heavy atom. The van der Waals surface area contributed by atoms with Gasteiger partial charge in [0.05, 0.1) is 17.5 Å². The van der Waals surface area contributed by atoms with Crippen LogP contribution in [0, 0.1) is 0 Å². The van der Waals surface area contributed by atoms with Gasteiger partial charge in [0.2, 0.25) is 21.8 Å². The number of anilines is 1. The Morgan fingerprint density at radius 1 is 1.05 bits per heavy atom. The minimum Gasteiger partial charge on any atom is -0.352 e. The van der Waals surface area contributed by atoms with Crippen LogP contribution in [0.15, 0.2) is 42.5 Å². The van der Waals surface area contributed by atoms with Crippen molar-refractivity contribution >= 4 is 50.7 Å². The van der Waals surface area contributed by atoms with Crippen LogP contribution in [0.4, 0.5) is 18.9 Å². The Hall–Kier alpha value is -2.50. The van der Waals surface area contributed by atoms with Gasteiger partial charge in [0.25, 0.3) is 0 Å². The molecule has 40 heavy (non-hydrogen) atoms. The molecule has 2 amide bonds. The molecule has 1 atom stereocenters. The lowest BCUT2D eigenvalue weighted by Gasteiger charge is -2.34. The van der Waals surface area contributed by atoms with E-state index in [2.05, 4.69) is 5.32 Å². The number of sulfonamides is 1. The third-order valence-corrected chi connectivity index (χ3v) is 8.72. The molecule has 1 fully saturated rings. The smallest absolute Gasteiger partial charge is 0.352 e. The molecule has 3 rings (SSSR count). The summed E-state index contributed by atoms with van der Waals surface area (Å²) in [5.41, 5.74) is -1.04. The summed E-state index contributed by atoms with van der Waals surface area (Å²) >= 11 is 12.7. The van der Waals surface area contributed by atoms with Crippen LogP contribution in [-0.4, -0.2) is 50.0 Å². The molecule has 0 heterocycles. The van der Waals surface area contributed by atoms with Gasteiger partial charge in [-0.1, -0.05) is 61.5 Å². The van der Waals surface area contributed by atoms with Crippen molar-refractivity contribution in [2.75, 3.05) is 17.1 Å². The van der Waals surface area contributed by atoms with E-state index < -0.39 is 46.2 Å². The maximum Gasteiger partial charge on any atom is 0.416 e. The number of rotatable bonds is 10. The summed E-state index contributed by atoms with van der Waals surface area (Å²) in [5, 5.41) is 3.49. The number of halogens is 5. The second kappa shape index (κ2) is 13.4. The molecule has 1 aliphatic rings. The van der Waals surface area contributed by atoms with Crippen molar-refractivity contribution in [2.45, 2.75) is 70.3 Å². The van der Waals surface area contributed by atoms with Crippen LogP contribution >= 0.6 is 23.2 Å². The van der Waals surface area contributed by atoms with Gasteiger partial charge in [-0.15, -0.1) is 0 Å². The molecule has 1 N–H and O–H groups in total. The Morgan fingerprint density at radius 2 is 1.65 bits per heavy atom. The van der Waals surface area contributed by atoms with Crippen molar-refractivity contribution in [3.63, 3.8) is 0 Å². The average Bonchev–Trinajstić information content (AvgIpc) is 2.88. The first-order valence-corrected chi connectivity index (χ1v) is 15.5. The molecule has 0 saturated heterocycles. The number of hydrogen-bond donors (Lipinski definition) is 1. The Kier molecular flexibility index (Phi) is 10.8. The van der Waals surface area contributed by atoms with Crippen LogP contribution in [-0.2, 0) is 32.3 Å². The van der Waals surface area contributed by atoms with E-state index in [9.17, 15) is 31.2 Å². The Bertz CT molecular complexity index is 1300. The van der Waals surface area contributed by atoms with E-state index in [4.69, 9.17) is 23.2 Å². The molecule has 0 aliphatic heterocycles. The average molecular weight is 623 g/mol. The monoisotopic (exact) mass is 621 g/mol. The standard InChI is InChI=1S/C27H32Cl2F3N3O4S/c1-3-24(26(37)33-19-10-5-4-6-11-19)34(16-21-22(28)13-8-14-23(21)29)25(36)17-35(40(2,38)39)20-12-7-9-18(15-20)27(30,31)32/h7-9,12-15,19,24H,3-6,10-11,16-17H2,1-2H3,(H,33,37)/t24-/m1/s1. The molecule has 13 heteroatoms. The largest absolute Gasteiger partial charge is 0.416 e. The molecule has 0 radical (unpaired) electrons. The minimum atomic E-state index is -4.72. The van der Waals surface area contributed by atoms with E-state index in [1.165, 1.54) is 11.0 Å². The molecule has 0 unspecified atom stereocenters. The fraction of sp³-hybridized carbons (Fsp3) is 0.481. The highest BCUT2D eigenvalue weighted by atomic mass is 35.5. The van der Waals surface area contributed by atoms with Gasteiger partial charge in [0.15, 0.2) is 0 Å². The topological polar surface area (TPSA) is 86.8 Å². The van der Waals surface area contributed by atoms with Crippen molar-refractivity contribution in [2.24, 2.45) is 0 Å². The number of carbonyl (C=O) groups excluding carboxylic acids is 2. The van der Waals surface area contributed by atoms with Crippen molar-refractivity contribution < 1.29 is 31.2 Å². The summed E-state index contributed by atoms with van der Waals surface area (Å²) in [6.07, 6.45) is 0.905. The zero-order chi connectivity index (χ0) is 29.7. The molecule has 1 saturated carbocycles. The number of carbonyl (C=O) groups is 2. The molecular weight excluding hydrogens is 590 g/mol. The first kappa shape index (κ1) is 32.0. The second-order valence-corrected chi connectivity index (χ2v) is 12.5.